The van der Waals surface area contributed by atoms with Gasteiger partial charge in [0.2, 0.25) is 0 Å². The number of fused-ring (bicyclic) bond motifs is 1. The highest BCUT2D eigenvalue weighted by Crippen LogP contribution is 2.23. The normalized spacial score (nSPS) is 15.8. The molecule has 4 rings (SSSR count). The summed E-state index contributed by atoms with van der Waals surface area (Å²) in [5.74, 6) is 0.897. The molecule has 0 spiro atoms. The fourth-order valence-electron chi connectivity index (χ4n) is 4.83. The molecule has 5 nitrogen and oxygen atoms in total. The van der Waals surface area contributed by atoms with Gasteiger partial charge in [0.15, 0.2) is 6.04 Å². The van der Waals surface area contributed by atoms with Crippen LogP contribution in [0.15, 0.2) is 51.7 Å². The van der Waals surface area contributed by atoms with Crippen molar-refractivity contribution in [2.45, 2.75) is 45.7 Å². The van der Waals surface area contributed by atoms with Crippen LogP contribution < -0.4 is 20.6 Å². The van der Waals surface area contributed by atoms with Gasteiger partial charge < -0.3 is 19.4 Å². The van der Waals surface area contributed by atoms with E-state index in [2.05, 4.69) is 48.6 Å². The Morgan fingerprint density at radius 2 is 1.81 bits per heavy atom. The Morgan fingerprint density at radius 3 is 2.52 bits per heavy atom. The summed E-state index contributed by atoms with van der Waals surface area (Å²) in [7, 11) is 1.71. The van der Waals surface area contributed by atoms with Crippen molar-refractivity contribution in [3.05, 3.63) is 75.1 Å². The monoisotopic (exact) mass is 422 g/mol. The third-order valence-electron chi connectivity index (χ3n) is 6.79. The van der Waals surface area contributed by atoms with Gasteiger partial charge in [-0.3, -0.25) is 0 Å². The lowest BCUT2D eigenvalue weighted by molar-refractivity contribution is -0.950. The van der Waals surface area contributed by atoms with Gasteiger partial charge in [-0.2, -0.15) is 0 Å². The molecule has 1 aromatic heterocycles. The molecule has 0 bridgehead atoms. The quantitative estimate of drug-likeness (QED) is 0.575. The van der Waals surface area contributed by atoms with Crippen molar-refractivity contribution < 1.29 is 19.4 Å². The Kier molecular flexibility index (Phi) is 6.73. The molecule has 2 heterocycles. The summed E-state index contributed by atoms with van der Waals surface area (Å²) >= 11 is 0. The van der Waals surface area contributed by atoms with E-state index in [1.807, 2.05) is 6.92 Å². The minimum atomic E-state index is -0.266. The molecule has 31 heavy (non-hydrogen) atoms. The maximum atomic E-state index is 12.2. The molecule has 2 aromatic carbocycles. The first kappa shape index (κ1) is 21.6. The van der Waals surface area contributed by atoms with Crippen LogP contribution in [0.1, 0.15) is 47.6 Å². The van der Waals surface area contributed by atoms with Crippen LogP contribution in [0.5, 0.6) is 5.75 Å². The minimum absolute atomic E-state index is 0.266. The molecule has 0 aliphatic carbocycles. The molecule has 5 heteroatoms. The van der Waals surface area contributed by atoms with Crippen molar-refractivity contribution in [3.63, 3.8) is 0 Å². The summed E-state index contributed by atoms with van der Waals surface area (Å²) in [5, 5.41) is 3.39. The number of piperidine rings is 1. The van der Waals surface area contributed by atoms with Crippen molar-refractivity contribution in [1.82, 2.24) is 0 Å². The van der Waals surface area contributed by atoms with E-state index in [-0.39, 0.29) is 5.63 Å². The number of hydrogen-bond donors (Lipinski definition) is 2. The number of rotatable bonds is 7. The maximum Gasteiger partial charge on any atom is 0.336 e. The van der Waals surface area contributed by atoms with Gasteiger partial charge in [0, 0.05) is 22.6 Å². The molecular weight excluding hydrogens is 388 g/mol. The van der Waals surface area contributed by atoms with E-state index >= 15 is 0 Å². The molecule has 1 fully saturated rings. The van der Waals surface area contributed by atoms with Crippen LogP contribution in [-0.2, 0) is 6.54 Å². The summed E-state index contributed by atoms with van der Waals surface area (Å²) < 4.78 is 10.9. The maximum absolute atomic E-state index is 12.2. The van der Waals surface area contributed by atoms with Gasteiger partial charge in [-0.1, -0.05) is 12.1 Å². The summed E-state index contributed by atoms with van der Waals surface area (Å²) in [6.07, 6.45) is 3.93. The Hall–Kier alpha value is -2.63. The van der Waals surface area contributed by atoms with E-state index in [4.69, 9.17) is 9.15 Å². The molecule has 164 valence electrons. The van der Waals surface area contributed by atoms with E-state index in [0.717, 1.165) is 46.5 Å². The molecule has 3 N–H and O–H groups in total. The molecule has 0 unspecified atom stereocenters. The van der Waals surface area contributed by atoms with Crippen molar-refractivity contribution in [2.75, 3.05) is 26.7 Å². The zero-order valence-electron chi connectivity index (χ0n) is 18.9. The average molecular weight is 423 g/mol. The molecule has 0 saturated carbocycles. The van der Waals surface area contributed by atoms with Crippen LogP contribution in [0.3, 0.4) is 0 Å². The lowest BCUT2D eigenvalue weighted by Gasteiger charge is -2.31. The standard InChI is InChI=1S/C26H32N2O3/c1-18-7-12-23-21(15-25(29)31-26(23)19(18)2)16-27-17-24(28-13-5-4-6-14-28)20-8-10-22(30-3)11-9-20/h7-12,15,24,27H,4-6,13-14,16-17H2,1-3H3/p+2/t24-/m1/s1. The number of ether oxygens (including phenoxy) is 1. The van der Waals surface area contributed by atoms with Crippen molar-refractivity contribution in [1.29, 1.82) is 0 Å². The fourth-order valence-corrected chi connectivity index (χ4v) is 4.83. The van der Waals surface area contributed by atoms with Crippen molar-refractivity contribution in [3.8, 4) is 5.75 Å². The molecule has 1 saturated heterocycles. The van der Waals surface area contributed by atoms with Gasteiger partial charge in [0.05, 0.1) is 20.2 Å². The number of methoxy groups -OCH3 is 1. The third kappa shape index (κ3) is 4.83. The highest BCUT2D eigenvalue weighted by Gasteiger charge is 2.27. The topological polar surface area (TPSA) is 60.5 Å². The smallest absolute Gasteiger partial charge is 0.336 e. The van der Waals surface area contributed by atoms with Crippen molar-refractivity contribution >= 4 is 11.0 Å². The average Bonchev–Trinajstić information content (AvgIpc) is 2.80. The Balaban J connectivity index is 1.55. The fraction of sp³-hybridized carbons (Fsp3) is 0.423. The summed E-state index contributed by atoms with van der Waals surface area (Å²) in [6.45, 7) is 8.27. The minimum Gasteiger partial charge on any atom is -0.497 e. The Labute approximate surface area is 184 Å². The summed E-state index contributed by atoms with van der Waals surface area (Å²) in [4.78, 5) is 13.9. The first-order valence-electron chi connectivity index (χ1n) is 11.4. The van der Waals surface area contributed by atoms with Crippen molar-refractivity contribution in [2.24, 2.45) is 0 Å². The van der Waals surface area contributed by atoms with Gasteiger partial charge in [0.25, 0.3) is 0 Å². The van der Waals surface area contributed by atoms with Crippen LogP contribution >= 0.6 is 0 Å². The third-order valence-corrected chi connectivity index (χ3v) is 6.79. The second-order valence-electron chi connectivity index (χ2n) is 8.75. The van der Waals surface area contributed by atoms with Gasteiger partial charge in [-0.25, -0.2) is 4.79 Å². The number of aryl methyl sites for hydroxylation is 2. The SMILES string of the molecule is COc1ccc([C@@H](C[NH2+]Cc2cc(=O)oc3c(C)c(C)ccc23)[NH+]2CCCCC2)cc1. The van der Waals surface area contributed by atoms with E-state index in [9.17, 15) is 4.79 Å². The lowest BCUT2D eigenvalue weighted by atomic mass is 10.0. The van der Waals surface area contributed by atoms with E-state index in [0.29, 0.717) is 6.04 Å². The lowest BCUT2D eigenvalue weighted by Crippen LogP contribution is -3.15. The highest BCUT2D eigenvalue weighted by atomic mass is 16.5. The zero-order chi connectivity index (χ0) is 21.8. The molecule has 1 aliphatic rings. The van der Waals surface area contributed by atoms with E-state index in [1.54, 1.807) is 18.1 Å². The van der Waals surface area contributed by atoms with Gasteiger partial charge in [-0.05, 0) is 68.5 Å². The second kappa shape index (κ2) is 9.67. The van der Waals surface area contributed by atoms with Gasteiger partial charge in [-0.15, -0.1) is 0 Å². The predicted molar refractivity (Wildman–Crippen MR) is 123 cm³/mol. The molecule has 0 amide bonds. The molecule has 0 radical (unpaired) electrons. The molecule has 1 atom stereocenters. The number of benzene rings is 2. The summed E-state index contributed by atoms with van der Waals surface area (Å²) in [5.41, 5.74) is 5.06. The van der Waals surface area contributed by atoms with Crippen LogP contribution in [0.25, 0.3) is 11.0 Å². The van der Waals surface area contributed by atoms with E-state index in [1.165, 1.54) is 37.9 Å². The largest absolute Gasteiger partial charge is 0.497 e. The molecular formula is C26H34N2O3+2. The number of nitrogens with two attached hydrogens (primary N) is 1. The predicted octanol–water partition coefficient (Wildman–Crippen LogP) is 2.29. The van der Waals surface area contributed by atoms with E-state index < -0.39 is 0 Å². The molecule has 3 aromatic rings. The van der Waals surface area contributed by atoms with Crippen LogP contribution in [-0.4, -0.2) is 26.7 Å². The number of hydrogen-bond acceptors (Lipinski definition) is 3. The van der Waals surface area contributed by atoms with Gasteiger partial charge in [0.1, 0.15) is 24.4 Å². The van der Waals surface area contributed by atoms with Gasteiger partial charge >= 0.3 is 5.63 Å². The number of quaternary nitrogens is 2. The van der Waals surface area contributed by atoms with Crippen LogP contribution in [0, 0.1) is 13.8 Å². The van der Waals surface area contributed by atoms with Crippen LogP contribution in [0.2, 0.25) is 0 Å². The zero-order valence-corrected chi connectivity index (χ0v) is 18.9. The first-order chi connectivity index (χ1) is 15.1. The Morgan fingerprint density at radius 1 is 1.06 bits per heavy atom. The molecule has 1 aliphatic heterocycles. The Bertz CT molecular complexity index is 1080. The van der Waals surface area contributed by atoms with Crippen LogP contribution in [0.4, 0.5) is 0 Å². The summed E-state index contributed by atoms with van der Waals surface area (Å²) in [6, 6.07) is 14.8. The second-order valence-corrected chi connectivity index (χ2v) is 8.75. The first-order valence-corrected chi connectivity index (χ1v) is 11.4. The number of nitrogens with one attached hydrogen (secondary N) is 1. The highest BCUT2D eigenvalue weighted by molar-refractivity contribution is 5.83. The number of likely N-dealkylation sites (tertiary alicyclic amines) is 1.